The molecule has 0 aliphatic carbocycles. The number of nitrogens with zero attached hydrogens (tertiary/aromatic N) is 3. The first-order valence-electron chi connectivity index (χ1n) is 6.00. The van der Waals surface area contributed by atoms with E-state index in [9.17, 15) is 4.79 Å². The molecule has 0 atom stereocenters. The minimum Gasteiger partial charge on any atom is -0.372 e. The monoisotopic (exact) mass is 267 g/mol. The van der Waals surface area contributed by atoms with Gasteiger partial charge in [-0.05, 0) is 17.7 Å². The lowest BCUT2D eigenvalue weighted by atomic mass is 10.1. The van der Waals surface area contributed by atoms with Crippen molar-refractivity contribution in [1.29, 1.82) is 5.26 Å². The molecule has 1 aromatic heterocycles. The van der Waals surface area contributed by atoms with Gasteiger partial charge in [0.25, 0.3) is 5.91 Å². The van der Waals surface area contributed by atoms with Crippen LogP contribution in [0.1, 0.15) is 21.6 Å². The van der Waals surface area contributed by atoms with Crippen molar-refractivity contribution in [2.75, 3.05) is 12.4 Å². The highest BCUT2D eigenvalue weighted by Crippen LogP contribution is 2.05. The van der Waals surface area contributed by atoms with Gasteiger partial charge in [-0.2, -0.15) is 5.26 Å². The van der Waals surface area contributed by atoms with Crippen LogP contribution in [0, 0.1) is 11.3 Å². The number of benzene rings is 1. The third-order valence-electron chi connectivity index (χ3n) is 2.63. The quantitative estimate of drug-likeness (QED) is 0.871. The fourth-order valence-corrected chi connectivity index (χ4v) is 1.62. The van der Waals surface area contributed by atoms with Gasteiger partial charge in [0.15, 0.2) is 0 Å². The van der Waals surface area contributed by atoms with Crippen LogP contribution in [-0.4, -0.2) is 22.9 Å². The zero-order valence-electron chi connectivity index (χ0n) is 10.9. The third kappa shape index (κ3) is 3.29. The van der Waals surface area contributed by atoms with Gasteiger partial charge in [-0.1, -0.05) is 12.1 Å². The average Bonchev–Trinajstić information content (AvgIpc) is 2.52. The van der Waals surface area contributed by atoms with Gasteiger partial charge in [0.1, 0.15) is 11.5 Å². The minimum atomic E-state index is -0.308. The Kier molecular flexibility index (Phi) is 4.24. The Morgan fingerprint density at radius 3 is 3.00 bits per heavy atom. The van der Waals surface area contributed by atoms with Crippen LogP contribution in [0.4, 0.5) is 5.82 Å². The number of carbonyl (C=O) groups excluding carboxylic acids is 1. The van der Waals surface area contributed by atoms with Crippen LogP contribution in [-0.2, 0) is 6.54 Å². The molecule has 0 spiro atoms. The Hall–Kier alpha value is -2.94. The first kappa shape index (κ1) is 13.5. The summed E-state index contributed by atoms with van der Waals surface area (Å²) >= 11 is 0. The van der Waals surface area contributed by atoms with Crippen molar-refractivity contribution in [3.8, 4) is 6.07 Å². The molecule has 1 amide bonds. The van der Waals surface area contributed by atoms with E-state index in [0.29, 0.717) is 17.9 Å². The molecule has 100 valence electrons. The third-order valence-corrected chi connectivity index (χ3v) is 2.63. The average molecular weight is 267 g/mol. The van der Waals surface area contributed by atoms with E-state index in [1.807, 2.05) is 6.07 Å². The number of aromatic nitrogens is 2. The largest absolute Gasteiger partial charge is 0.372 e. The van der Waals surface area contributed by atoms with Gasteiger partial charge in [-0.25, -0.2) is 4.98 Å². The molecule has 1 heterocycles. The van der Waals surface area contributed by atoms with Gasteiger partial charge in [0.2, 0.25) is 0 Å². The number of nitriles is 1. The molecule has 0 bridgehead atoms. The topological polar surface area (TPSA) is 90.7 Å². The fraction of sp³-hybridized carbons (Fsp3) is 0.143. The van der Waals surface area contributed by atoms with E-state index in [1.165, 1.54) is 12.4 Å². The number of hydrogen-bond acceptors (Lipinski definition) is 5. The highest BCUT2D eigenvalue weighted by atomic mass is 16.1. The van der Waals surface area contributed by atoms with Crippen molar-refractivity contribution in [2.45, 2.75) is 6.54 Å². The van der Waals surface area contributed by atoms with E-state index < -0.39 is 0 Å². The molecular formula is C14H13N5O. The molecule has 0 aliphatic heterocycles. The number of rotatable bonds is 4. The van der Waals surface area contributed by atoms with E-state index in [2.05, 4.69) is 26.7 Å². The summed E-state index contributed by atoms with van der Waals surface area (Å²) in [5, 5.41) is 14.4. The molecule has 0 aliphatic rings. The van der Waals surface area contributed by atoms with Gasteiger partial charge in [-0.15, -0.1) is 0 Å². The first-order valence-corrected chi connectivity index (χ1v) is 6.00. The van der Waals surface area contributed by atoms with Crippen molar-refractivity contribution in [3.05, 3.63) is 53.5 Å². The number of anilines is 1. The van der Waals surface area contributed by atoms with E-state index in [0.717, 1.165) is 5.56 Å². The van der Waals surface area contributed by atoms with Crippen LogP contribution >= 0.6 is 0 Å². The molecule has 0 fully saturated rings. The van der Waals surface area contributed by atoms with Gasteiger partial charge in [0.05, 0.1) is 24.0 Å². The van der Waals surface area contributed by atoms with E-state index >= 15 is 0 Å². The second-order valence-electron chi connectivity index (χ2n) is 4.03. The van der Waals surface area contributed by atoms with Gasteiger partial charge >= 0.3 is 0 Å². The molecule has 2 N–H and O–H groups in total. The number of hydrogen-bond donors (Lipinski definition) is 2. The molecule has 6 heteroatoms. The smallest absolute Gasteiger partial charge is 0.271 e. The lowest BCUT2D eigenvalue weighted by Crippen LogP contribution is -2.24. The van der Waals surface area contributed by atoms with E-state index in [1.54, 1.807) is 25.2 Å². The Labute approximate surface area is 116 Å². The highest BCUT2D eigenvalue weighted by molar-refractivity contribution is 5.92. The van der Waals surface area contributed by atoms with Gasteiger partial charge in [0, 0.05) is 13.6 Å². The van der Waals surface area contributed by atoms with Crippen molar-refractivity contribution in [1.82, 2.24) is 15.3 Å². The number of amides is 1. The minimum absolute atomic E-state index is 0.244. The number of nitrogens with one attached hydrogen (secondary N) is 2. The van der Waals surface area contributed by atoms with Crippen LogP contribution in [0.5, 0.6) is 0 Å². The van der Waals surface area contributed by atoms with Crippen molar-refractivity contribution >= 4 is 11.7 Å². The van der Waals surface area contributed by atoms with Crippen LogP contribution < -0.4 is 10.6 Å². The lowest BCUT2D eigenvalue weighted by molar-refractivity contribution is 0.0945. The highest BCUT2D eigenvalue weighted by Gasteiger charge is 2.08. The summed E-state index contributed by atoms with van der Waals surface area (Å²) in [6.45, 7) is 0.333. The molecule has 20 heavy (non-hydrogen) atoms. The summed E-state index contributed by atoms with van der Waals surface area (Å²) in [4.78, 5) is 20.0. The molecular weight excluding hydrogens is 254 g/mol. The molecule has 0 unspecified atom stereocenters. The lowest BCUT2D eigenvalue weighted by Gasteiger charge is -2.06. The molecule has 6 nitrogen and oxygen atoms in total. The van der Waals surface area contributed by atoms with Crippen LogP contribution in [0.2, 0.25) is 0 Å². The number of carbonyl (C=O) groups is 1. The summed E-state index contributed by atoms with van der Waals surface area (Å²) in [7, 11) is 1.71. The summed E-state index contributed by atoms with van der Waals surface area (Å²) in [5.74, 6) is 0.223. The summed E-state index contributed by atoms with van der Waals surface area (Å²) in [5.41, 5.74) is 1.66. The van der Waals surface area contributed by atoms with Gasteiger partial charge in [-0.3, -0.25) is 9.78 Å². The first-order chi connectivity index (χ1) is 9.72. The Morgan fingerprint density at radius 2 is 2.25 bits per heavy atom. The maximum atomic E-state index is 11.9. The van der Waals surface area contributed by atoms with Gasteiger partial charge < -0.3 is 10.6 Å². The van der Waals surface area contributed by atoms with Crippen molar-refractivity contribution < 1.29 is 4.79 Å². The van der Waals surface area contributed by atoms with E-state index in [-0.39, 0.29) is 11.6 Å². The second kappa shape index (κ2) is 6.29. The zero-order chi connectivity index (χ0) is 14.4. The zero-order valence-corrected chi connectivity index (χ0v) is 10.9. The maximum absolute atomic E-state index is 11.9. The summed E-state index contributed by atoms with van der Waals surface area (Å²) < 4.78 is 0. The molecule has 0 radical (unpaired) electrons. The molecule has 1 aromatic carbocycles. The van der Waals surface area contributed by atoms with E-state index in [4.69, 9.17) is 5.26 Å². The fourth-order valence-electron chi connectivity index (χ4n) is 1.62. The Balaban J connectivity index is 2.03. The predicted octanol–water partition coefficient (Wildman–Crippen LogP) is 1.32. The van der Waals surface area contributed by atoms with Crippen LogP contribution in [0.25, 0.3) is 0 Å². The Morgan fingerprint density at radius 1 is 1.40 bits per heavy atom. The van der Waals surface area contributed by atoms with Crippen LogP contribution in [0.15, 0.2) is 36.7 Å². The summed E-state index contributed by atoms with van der Waals surface area (Å²) in [6, 6.07) is 9.13. The summed E-state index contributed by atoms with van der Waals surface area (Å²) in [6.07, 6.45) is 2.94. The molecule has 2 aromatic rings. The van der Waals surface area contributed by atoms with Crippen molar-refractivity contribution in [3.63, 3.8) is 0 Å². The maximum Gasteiger partial charge on any atom is 0.271 e. The predicted molar refractivity (Wildman–Crippen MR) is 73.9 cm³/mol. The second-order valence-corrected chi connectivity index (χ2v) is 4.03. The molecule has 2 rings (SSSR count). The standard InChI is InChI=1S/C14H13N5O/c1-16-13-9-17-8-12(19-13)14(20)18-7-11-4-2-3-10(5-11)6-15/h2-5,8-9H,7H2,1H3,(H,16,19)(H,18,20). The molecule has 0 saturated carbocycles. The van der Waals surface area contributed by atoms with Crippen LogP contribution in [0.3, 0.4) is 0 Å². The van der Waals surface area contributed by atoms with Crippen molar-refractivity contribution in [2.24, 2.45) is 0 Å². The normalized spacial score (nSPS) is 9.60. The molecule has 0 saturated heterocycles. The Bertz CT molecular complexity index is 663. The SMILES string of the molecule is CNc1cncc(C(=O)NCc2cccc(C#N)c2)n1.